The molecule has 0 amide bonds. The maximum Gasteiger partial charge on any atom is 1.00 e. The summed E-state index contributed by atoms with van der Waals surface area (Å²) in [7, 11) is 0. The molecular weight excluding hydrogens is 214 g/mol. The van der Waals surface area contributed by atoms with Crippen LogP contribution in [0.1, 0.15) is 42.9 Å². The van der Waals surface area contributed by atoms with Crippen molar-refractivity contribution in [1.82, 2.24) is 0 Å². The van der Waals surface area contributed by atoms with Gasteiger partial charge in [-0.1, -0.05) is 26.7 Å². The number of rotatable bonds is 6. The Kier molecular flexibility index (Phi) is 13.0. The zero-order valence-electron chi connectivity index (χ0n) is 12.9. The maximum absolute atomic E-state index is 10.9. The van der Waals surface area contributed by atoms with Gasteiger partial charge in [0.15, 0.2) is 5.41 Å². The van der Waals surface area contributed by atoms with Gasteiger partial charge >= 0.3 is 60.4 Å². The van der Waals surface area contributed by atoms with Crippen molar-refractivity contribution in [2.45, 2.75) is 40.0 Å². The average molecular weight is 234 g/mol. The molecule has 1 atom stereocenters. The van der Waals surface area contributed by atoms with Crippen molar-refractivity contribution in [3.63, 3.8) is 0 Å². The summed E-state index contributed by atoms with van der Waals surface area (Å²) in [5.41, 5.74) is -1.66. The molecule has 0 aromatic heterocycles. The summed E-state index contributed by atoms with van der Waals surface area (Å²) in [6, 6.07) is 0. The van der Waals surface area contributed by atoms with Crippen molar-refractivity contribution in [1.29, 1.82) is 0 Å². The van der Waals surface area contributed by atoms with E-state index in [1.54, 1.807) is 6.92 Å². The predicted octanol–water partition coefficient (Wildman–Crippen LogP) is -3.78. The van der Waals surface area contributed by atoms with Gasteiger partial charge in [0, 0.05) is 0 Å². The number of carboxylic acid groups (broad SMARTS) is 2. The first-order chi connectivity index (χ1) is 6.37. The first-order valence-electron chi connectivity index (χ1n) is 4.84. The summed E-state index contributed by atoms with van der Waals surface area (Å²) in [6.45, 7) is 4.95. The normalized spacial score (nSPS) is 11.9. The third-order valence-corrected chi connectivity index (χ3v) is 2.86. The summed E-state index contributed by atoms with van der Waals surface area (Å²) in [5.74, 6) is -2.86. The smallest absolute Gasteiger partial charge is 1.00 e. The van der Waals surface area contributed by atoms with Gasteiger partial charge in [-0.15, -0.1) is 0 Å². The van der Waals surface area contributed by atoms with E-state index >= 15 is 0 Å². The van der Waals surface area contributed by atoms with Crippen molar-refractivity contribution in [3.8, 4) is 0 Å². The van der Waals surface area contributed by atoms with E-state index in [-0.39, 0.29) is 57.2 Å². The van der Waals surface area contributed by atoms with E-state index < -0.39 is 17.4 Å². The number of unbranched alkanes of at least 4 members (excludes halogenated alkanes) is 1. The third kappa shape index (κ3) is 5.25. The molecule has 0 fully saturated rings. The molecule has 0 aliphatic rings. The van der Waals surface area contributed by atoms with Crippen LogP contribution in [0.15, 0.2) is 0 Å². The fourth-order valence-corrected chi connectivity index (χ4v) is 1.31. The zero-order valence-corrected chi connectivity index (χ0v) is 12.9. The summed E-state index contributed by atoms with van der Waals surface area (Å²) >= 11 is 0. The molecule has 0 radical (unpaired) electrons. The molecule has 0 spiro atoms. The van der Waals surface area contributed by atoms with Gasteiger partial charge in [0.1, 0.15) is 0 Å². The van der Waals surface area contributed by atoms with E-state index in [4.69, 9.17) is 10.2 Å². The summed E-state index contributed by atoms with van der Waals surface area (Å²) in [4.78, 5) is 21.8. The van der Waals surface area contributed by atoms with Crippen molar-refractivity contribution in [2.75, 3.05) is 0 Å². The Morgan fingerprint density at radius 2 is 1.69 bits per heavy atom. The Hall–Kier alpha value is 0.537. The second-order valence-electron chi connectivity index (χ2n) is 3.86. The topological polar surface area (TPSA) is 74.6 Å². The van der Waals surface area contributed by atoms with Crippen LogP contribution < -0.4 is 48.4 Å². The average Bonchev–Trinajstić information content (AvgIpc) is 2.11. The Balaban J connectivity index is -0.000000141. The zero-order chi connectivity index (χ0) is 11.4. The Labute approximate surface area is 134 Å². The van der Waals surface area contributed by atoms with Crippen molar-refractivity contribution >= 4 is 11.9 Å². The van der Waals surface area contributed by atoms with Gasteiger partial charge in [-0.05, 0) is 19.3 Å². The second kappa shape index (κ2) is 9.56. The number of hydrogen-bond donors (Lipinski definition) is 2. The van der Waals surface area contributed by atoms with Crippen LogP contribution in [-0.4, -0.2) is 22.2 Å². The quantitative estimate of drug-likeness (QED) is 0.365. The third-order valence-electron chi connectivity index (χ3n) is 2.86. The second-order valence-corrected chi connectivity index (χ2v) is 3.86. The van der Waals surface area contributed by atoms with Gasteiger partial charge in [0.05, 0.1) is 0 Å². The molecule has 0 saturated heterocycles. The predicted molar refractivity (Wildman–Crippen MR) is 54.3 cm³/mol. The molecule has 4 nitrogen and oxygen atoms in total. The molecule has 0 rings (SSSR count). The van der Waals surface area contributed by atoms with Crippen molar-refractivity contribution in [2.24, 2.45) is 11.3 Å². The van der Waals surface area contributed by atoms with Crippen LogP contribution in [-0.2, 0) is 9.59 Å². The van der Waals surface area contributed by atoms with Crippen LogP contribution >= 0.6 is 0 Å². The summed E-state index contributed by atoms with van der Waals surface area (Å²) < 4.78 is 0. The molecular formula is C10H20LiNaO4. The largest absolute Gasteiger partial charge is 1.00 e. The molecule has 0 aliphatic heterocycles. The van der Waals surface area contributed by atoms with E-state index in [2.05, 4.69) is 0 Å². The molecule has 6 heteroatoms. The standard InChI is InChI=1S/C10H18O4.Li.Na.2H/c1-4-5-6-7(2)10(3,8(11)12)9(13)14;;;;/h7H,4-6H2,1-3H3,(H,11,12)(H,13,14);;;;/q;2*+1;2*-1. The molecule has 16 heavy (non-hydrogen) atoms. The fourth-order valence-electron chi connectivity index (χ4n) is 1.31. The van der Waals surface area contributed by atoms with E-state index in [1.807, 2.05) is 6.92 Å². The van der Waals surface area contributed by atoms with Crippen LogP contribution in [0.4, 0.5) is 0 Å². The van der Waals surface area contributed by atoms with Gasteiger partial charge in [0.25, 0.3) is 0 Å². The summed E-state index contributed by atoms with van der Waals surface area (Å²) in [6.07, 6.45) is 2.43. The molecule has 0 saturated carbocycles. The molecule has 0 bridgehead atoms. The van der Waals surface area contributed by atoms with Crippen molar-refractivity contribution in [3.05, 3.63) is 0 Å². The van der Waals surface area contributed by atoms with E-state index in [0.29, 0.717) is 6.42 Å². The molecule has 0 aliphatic carbocycles. The van der Waals surface area contributed by atoms with Crippen LogP contribution in [0.2, 0.25) is 0 Å². The minimum Gasteiger partial charge on any atom is -1.00 e. The van der Waals surface area contributed by atoms with Gasteiger partial charge in [-0.25, -0.2) is 0 Å². The minimum absolute atomic E-state index is 0. The SMILES string of the molecule is CCCCC(C)C(C)(C(=O)O)C(=O)O.[H-].[H-].[Li+].[Na+]. The molecule has 1 unspecified atom stereocenters. The Bertz CT molecular complexity index is 228. The molecule has 0 heterocycles. The summed E-state index contributed by atoms with van der Waals surface area (Å²) in [5, 5.41) is 17.8. The van der Waals surface area contributed by atoms with E-state index in [0.717, 1.165) is 12.8 Å². The first kappa shape index (κ1) is 21.8. The molecule has 2 N–H and O–H groups in total. The fraction of sp³-hybridized carbons (Fsp3) is 0.800. The maximum atomic E-state index is 10.9. The molecule has 0 aromatic carbocycles. The molecule has 0 aromatic rings. The minimum atomic E-state index is -1.66. The number of carbonyl (C=O) groups is 2. The Morgan fingerprint density at radius 1 is 1.31 bits per heavy atom. The van der Waals surface area contributed by atoms with Gasteiger partial charge in [-0.2, -0.15) is 0 Å². The van der Waals surface area contributed by atoms with Crippen molar-refractivity contribution < 1.29 is 71.1 Å². The van der Waals surface area contributed by atoms with E-state index in [1.165, 1.54) is 6.92 Å². The van der Waals surface area contributed by atoms with Gasteiger partial charge in [-0.3, -0.25) is 9.59 Å². The number of aliphatic carboxylic acids is 2. The van der Waals surface area contributed by atoms with Crippen LogP contribution in [0.25, 0.3) is 0 Å². The van der Waals surface area contributed by atoms with Crippen LogP contribution in [0.3, 0.4) is 0 Å². The first-order valence-corrected chi connectivity index (χ1v) is 4.84. The van der Waals surface area contributed by atoms with Gasteiger partial charge < -0.3 is 13.1 Å². The monoisotopic (exact) mass is 234 g/mol. The Morgan fingerprint density at radius 3 is 1.94 bits per heavy atom. The number of carboxylic acids is 2. The van der Waals surface area contributed by atoms with Crippen LogP contribution in [0, 0.1) is 11.3 Å². The number of hydrogen-bond acceptors (Lipinski definition) is 2. The molecule has 86 valence electrons. The van der Waals surface area contributed by atoms with Crippen LogP contribution in [0.5, 0.6) is 0 Å². The van der Waals surface area contributed by atoms with Gasteiger partial charge in [0.2, 0.25) is 0 Å². The van der Waals surface area contributed by atoms with E-state index in [9.17, 15) is 9.59 Å².